The first-order valence-corrected chi connectivity index (χ1v) is 4.34. The van der Waals surface area contributed by atoms with Crippen LogP contribution in [0.1, 0.15) is 37.6 Å². The molecule has 1 heterocycles. The van der Waals surface area contributed by atoms with Crippen molar-refractivity contribution in [2.24, 2.45) is 0 Å². The number of aromatic nitrogens is 2. The average molecular weight is 150 g/mol. The van der Waals surface area contributed by atoms with E-state index in [4.69, 9.17) is 0 Å². The van der Waals surface area contributed by atoms with Gasteiger partial charge in [-0.3, -0.25) is 4.68 Å². The van der Waals surface area contributed by atoms with Crippen LogP contribution in [0.4, 0.5) is 0 Å². The zero-order valence-corrected chi connectivity index (χ0v) is 7.17. The molecule has 1 aliphatic rings. The Hall–Kier alpha value is -0.790. The Labute approximate surface area is 67.2 Å². The summed E-state index contributed by atoms with van der Waals surface area (Å²) in [5.41, 5.74) is 2.80. The van der Waals surface area contributed by atoms with Crippen molar-refractivity contribution in [3.05, 3.63) is 17.5 Å². The molecule has 0 fully saturated rings. The van der Waals surface area contributed by atoms with Crippen molar-refractivity contribution in [2.75, 3.05) is 0 Å². The predicted molar refractivity (Wildman–Crippen MR) is 44.6 cm³/mol. The van der Waals surface area contributed by atoms with Gasteiger partial charge in [0.2, 0.25) is 0 Å². The lowest BCUT2D eigenvalue weighted by Crippen LogP contribution is -2.01. The van der Waals surface area contributed by atoms with E-state index in [1.807, 2.05) is 0 Å². The molecule has 2 heteroatoms. The number of hydrogen-bond acceptors (Lipinski definition) is 1. The zero-order valence-electron chi connectivity index (χ0n) is 7.17. The third kappa shape index (κ3) is 1.06. The molecule has 0 aromatic carbocycles. The third-order valence-corrected chi connectivity index (χ3v) is 2.28. The summed E-state index contributed by atoms with van der Waals surface area (Å²) >= 11 is 0. The van der Waals surface area contributed by atoms with E-state index < -0.39 is 0 Å². The zero-order chi connectivity index (χ0) is 7.84. The fourth-order valence-electron chi connectivity index (χ4n) is 1.60. The fraction of sp³-hybridized carbons (Fsp3) is 0.667. The molecule has 1 aliphatic carbocycles. The Morgan fingerprint density at radius 3 is 2.91 bits per heavy atom. The van der Waals surface area contributed by atoms with Gasteiger partial charge in [-0.1, -0.05) is 0 Å². The minimum absolute atomic E-state index is 0.514. The van der Waals surface area contributed by atoms with Crippen LogP contribution in [-0.4, -0.2) is 9.78 Å². The Morgan fingerprint density at radius 2 is 2.27 bits per heavy atom. The van der Waals surface area contributed by atoms with Gasteiger partial charge in [-0.2, -0.15) is 5.10 Å². The van der Waals surface area contributed by atoms with Crippen LogP contribution in [0.15, 0.2) is 6.20 Å². The molecular formula is C9H14N2. The van der Waals surface area contributed by atoms with Gasteiger partial charge in [0.15, 0.2) is 0 Å². The van der Waals surface area contributed by atoms with Crippen molar-refractivity contribution in [3.8, 4) is 0 Å². The molecule has 0 atom stereocenters. The molecule has 0 N–H and O–H groups in total. The summed E-state index contributed by atoms with van der Waals surface area (Å²) in [6, 6.07) is 0.514. The van der Waals surface area contributed by atoms with E-state index in [0.29, 0.717) is 6.04 Å². The van der Waals surface area contributed by atoms with Crippen LogP contribution < -0.4 is 0 Å². The SMILES string of the molecule is CC(C)n1cc2c(n1)CCC2. The van der Waals surface area contributed by atoms with E-state index in [1.54, 1.807) is 0 Å². The highest BCUT2D eigenvalue weighted by atomic mass is 15.3. The van der Waals surface area contributed by atoms with Gasteiger partial charge in [0.25, 0.3) is 0 Å². The Balaban J connectivity index is 2.34. The van der Waals surface area contributed by atoms with Gasteiger partial charge in [-0.15, -0.1) is 0 Å². The van der Waals surface area contributed by atoms with Gasteiger partial charge < -0.3 is 0 Å². The fourth-order valence-corrected chi connectivity index (χ4v) is 1.60. The van der Waals surface area contributed by atoms with Crippen molar-refractivity contribution in [2.45, 2.75) is 39.2 Å². The minimum Gasteiger partial charge on any atom is -0.270 e. The summed E-state index contributed by atoms with van der Waals surface area (Å²) in [6.07, 6.45) is 5.93. The molecule has 0 amide bonds. The molecule has 2 nitrogen and oxygen atoms in total. The van der Waals surface area contributed by atoms with E-state index in [1.165, 1.54) is 30.5 Å². The summed E-state index contributed by atoms with van der Waals surface area (Å²) in [4.78, 5) is 0. The van der Waals surface area contributed by atoms with Crippen LogP contribution in [0.2, 0.25) is 0 Å². The van der Waals surface area contributed by atoms with Crippen molar-refractivity contribution in [1.82, 2.24) is 9.78 Å². The second-order valence-electron chi connectivity index (χ2n) is 3.53. The lowest BCUT2D eigenvalue weighted by atomic mass is 10.3. The standard InChI is InChI=1S/C9H14N2/c1-7(2)11-6-8-4-3-5-9(8)10-11/h6-7H,3-5H2,1-2H3. The summed E-state index contributed by atoms with van der Waals surface area (Å²) < 4.78 is 2.07. The molecule has 0 saturated heterocycles. The van der Waals surface area contributed by atoms with Crippen LogP contribution >= 0.6 is 0 Å². The number of aryl methyl sites for hydroxylation is 2. The maximum Gasteiger partial charge on any atom is 0.0656 e. The van der Waals surface area contributed by atoms with Gasteiger partial charge in [0.05, 0.1) is 5.69 Å². The van der Waals surface area contributed by atoms with E-state index in [9.17, 15) is 0 Å². The Kier molecular flexibility index (Phi) is 1.48. The lowest BCUT2D eigenvalue weighted by Gasteiger charge is -2.03. The molecule has 11 heavy (non-hydrogen) atoms. The molecule has 0 radical (unpaired) electrons. The Bertz CT molecular complexity index is 239. The molecule has 0 unspecified atom stereocenters. The van der Waals surface area contributed by atoms with E-state index >= 15 is 0 Å². The molecule has 0 saturated carbocycles. The van der Waals surface area contributed by atoms with Crippen LogP contribution in [0.25, 0.3) is 0 Å². The van der Waals surface area contributed by atoms with Crippen LogP contribution in [0.3, 0.4) is 0 Å². The highest BCUT2D eigenvalue weighted by Crippen LogP contribution is 2.21. The first-order valence-electron chi connectivity index (χ1n) is 4.34. The van der Waals surface area contributed by atoms with Gasteiger partial charge in [0, 0.05) is 12.2 Å². The van der Waals surface area contributed by atoms with Crippen LogP contribution in [0, 0.1) is 0 Å². The molecule has 1 aromatic heterocycles. The smallest absolute Gasteiger partial charge is 0.0656 e. The minimum atomic E-state index is 0.514. The van der Waals surface area contributed by atoms with Crippen molar-refractivity contribution >= 4 is 0 Å². The summed E-state index contributed by atoms with van der Waals surface area (Å²) in [5, 5.41) is 4.51. The van der Waals surface area contributed by atoms with Crippen LogP contribution in [-0.2, 0) is 12.8 Å². The largest absolute Gasteiger partial charge is 0.270 e. The highest BCUT2D eigenvalue weighted by Gasteiger charge is 2.15. The van der Waals surface area contributed by atoms with E-state index in [2.05, 4.69) is 29.8 Å². The topological polar surface area (TPSA) is 17.8 Å². The summed E-state index contributed by atoms with van der Waals surface area (Å²) in [6.45, 7) is 4.34. The summed E-state index contributed by atoms with van der Waals surface area (Å²) in [7, 11) is 0. The second kappa shape index (κ2) is 2.36. The quantitative estimate of drug-likeness (QED) is 0.598. The van der Waals surface area contributed by atoms with Crippen molar-refractivity contribution in [1.29, 1.82) is 0 Å². The van der Waals surface area contributed by atoms with Gasteiger partial charge in [-0.25, -0.2) is 0 Å². The summed E-state index contributed by atoms with van der Waals surface area (Å²) in [5.74, 6) is 0. The van der Waals surface area contributed by atoms with Crippen LogP contribution in [0.5, 0.6) is 0 Å². The molecule has 60 valence electrons. The van der Waals surface area contributed by atoms with Gasteiger partial charge >= 0.3 is 0 Å². The number of hydrogen-bond donors (Lipinski definition) is 0. The normalized spacial score (nSPS) is 15.9. The number of nitrogens with zero attached hydrogens (tertiary/aromatic N) is 2. The predicted octanol–water partition coefficient (Wildman–Crippen LogP) is 1.95. The first-order chi connectivity index (χ1) is 5.27. The average Bonchev–Trinajstić information content (AvgIpc) is 2.40. The third-order valence-electron chi connectivity index (χ3n) is 2.28. The maximum absolute atomic E-state index is 4.51. The molecule has 0 aliphatic heterocycles. The number of fused-ring (bicyclic) bond motifs is 1. The Morgan fingerprint density at radius 1 is 1.45 bits per heavy atom. The molecule has 2 rings (SSSR count). The first kappa shape index (κ1) is 6.89. The molecular weight excluding hydrogens is 136 g/mol. The van der Waals surface area contributed by atoms with Gasteiger partial charge in [0.1, 0.15) is 0 Å². The molecule has 0 bridgehead atoms. The maximum atomic E-state index is 4.51. The van der Waals surface area contributed by atoms with Crippen molar-refractivity contribution in [3.63, 3.8) is 0 Å². The number of rotatable bonds is 1. The van der Waals surface area contributed by atoms with Crippen molar-refractivity contribution < 1.29 is 0 Å². The second-order valence-corrected chi connectivity index (χ2v) is 3.53. The molecule has 1 aromatic rings. The van der Waals surface area contributed by atoms with E-state index in [-0.39, 0.29) is 0 Å². The van der Waals surface area contributed by atoms with E-state index in [0.717, 1.165) is 0 Å². The van der Waals surface area contributed by atoms with Gasteiger partial charge in [-0.05, 0) is 38.7 Å². The molecule has 0 spiro atoms. The lowest BCUT2D eigenvalue weighted by molar-refractivity contribution is 0.523. The highest BCUT2D eigenvalue weighted by molar-refractivity contribution is 5.22. The monoisotopic (exact) mass is 150 g/mol.